The van der Waals surface area contributed by atoms with Gasteiger partial charge < -0.3 is 19.5 Å². The maximum absolute atomic E-state index is 12.6. The highest BCUT2D eigenvalue weighted by Crippen LogP contribution is 2.32. The van der Waals surface area contributed by atoms with Crippen LogP contribution in [-0.2, 0) is 11.8 Å². The zero-order valence-electron chi connectivity index (χ0n) is 12.5. The molecule has 2 aromatic rings. The number of carbonyl (C=O) groups is 1. The Labute approximate surface area is 128 Å². The Kier molecular flexibility index (Phi) is 4.01. The van der Waals surface area contributed by atoms with E-state index in [1.807, 2.05) is 11.6 Å². The summed E-state index contributed by atoms with van der Waals surface area (Å²) in [6, 6.07) is 3.16. The van der Waals surface area contributed by atoms with E-state index in [2.05, 4.69) is 20.5 Å². The molecule has 2 atom stereocenters. The smallest absolute Gasteiger partial charge is 0.322 e. The molecular weight excluding hydrogens is 284 g/mol. The molecule has 3 heterocycles. The summed E-state index contributed by atoms with van der Waals surface area (Å²) in [6.07, 6.45) is 5.60. The Bertz CT molecular complexity index is 644. The Hall–Kier alpha value is -2.48. The van der Waals surface area contributed by atoms with Crippen molar-refractivity contribution >= 4 is 11.7 Å². The second kappa shape index (κ2) is 6.10. The Morgan fingerprint density at radius 3 is 2.82 bits per heavy atom. The summed E-state index contributed by atoms with van der Waals surface area (Å²) in [6.45, 7) is 0.519. The highest BCUT2D eigenvalue weighted by atomic mass is 16.5. The van der Waals surface area contributed by atoms with Gasteiger partial charge in [0.05, 0.1) is 12.1 Å². The molecule has 8 heteroatoms. The molecular formula is C14H18N6O2. The van der Waals surface area contributed by atoms with Crippen LogP contribution >= 0.6 is 0 Å². The van der Waals surface area contributed by atoms with Crippen molar-refractivity contribution in [1.82, 2.24) is 24.6 Å². The van der Waals surface area contributed by atoms with Gasteiger partial charge in [-0.3, -0.25) is 4.98 Å². The minimum absolute atomic E-state index is 0.00936. The summed E-state index contributed by atoms with van der Waals surface area (Å²) in [5.74, 6) is 0.754. The lowest BCUT2D eigenvalue weighted by molar-refractivity contribution is 0.111. The van der Waals surface area contributed by atoms with E-state index < -0.39 is 0 Å². The average molecular weight is 302 g/mol. The first-order valence-corrected chi connectivity index (χ1v) is 7.03. The topological polar surface area (TPSA) is 85.2 Å². The van der Waals surface area contributed by atoms with Crippen molar-refractivity contribution in [1.29, 1.82) is 0 Å². The molecule has 0 aliphatic carbocycles. The number of methoxy groups -OCH3 is 1. The lowest BCUT2D eigenvalue weighted by Gasteiger charge is -2.23. The predicted octanol–water partition coefficient (Wildman–Crippen LogP) is 1.20. The summed E-state index contributed by atoms with van der Waals surface area (Å²) in [7, 11) is 3.52. The summed E-state index contributed by atoms with van der Waals surface area (Å²) < 4.78 is 7.25. The fourth-order valence-corrected chi connectivity index (χ4v) is 2.66. The molecule has 0 aromatic carbocycles. The number of urea groups is 1. The first-order valence-electron chi connectivity index (χ1n) is 7.03. The number of anilines is 1. The summed E-state index contributed by atoms with van der Waals surface area (Å²) >= 11 is 0. The maximum atomic E-state index is 12.6. The van der Waals surface area contributed by atoms with Crippen molar-refractivity contribution in [2.75, 3.05) is 19.0 Å². The molecule has 0 saturated carbocycles. The fourth-order valence-electron chi connectivity index (χ4n) is 2.66. The number of nitrogens with one attached hydrogen (secondary N) is 1. The second-order valence-electron chi connectivity index (χ2n) is 5.23. The van der Waals surface area contributed by atoms with Crippen LogP contribution in [0.2, 0.25) is 0 Å². The van der Waals surface area contributed by atoms with Gasteiger partial charge in [0.15, 0.2) is 5.82 Å². The van der Waals surface area contributed by atoms with Gasteiger partial charge in [-0.15, -0.1) is 10.2 Å². The molecule has 116 valence electrons. The van der Waals surface area contributed by atoms with Crippen LogP contribution in [0.4, 0.5) is 10.5 Å². The Balaban J connectivity index is 1.80. The van der Waals surface area contributed by atoms with E-state index in [9.17, 15) is 4.79 Å². The lowest BCUT2D eigenvalue weighted by Crippen LogP contribution is -2.36. The quantitative estimate of drug-likeness (QED) is 0.921. The number of ether oxygens (including phenoxy) is 1. The molecule has 2 aromatic heterocycles. The maximum Gasteiger partial charge on any atom is 0.322 e. The number of aryl methyl sites for hydroxylation is 1. The molecule has 8 nitrogen and oxygen atoms in total. The predicted molar refractivity (Wildman–Crippen MR) is 79.1 cm³/mol. The van der Waals surface area contributed by atoms with Crippen molar-refractivity contribution < 1.29 is 9.53 Å². The third-order valence-corrected chi connectivity index (χ3v) is 3.83. The van der Waals surface area contributed by atoms with Crippen LogP contribution in [0.15, 0.2) is 30.9 Å². The number of amides is 2. The molecule has 0 unspecified atom stereocenters. The van der Waals surface area contributed by atoms with E-state index >= 15 is 0 Å². The van der Waals surface area contributed by atoms with Gasteiger partial charge >= 0.3 is 6.03 Å². The molecule has 1 N–H and O–H groups in total. The van der Waals surface area contributed by atoms with Crippen molar-refractivity contribution in [3.63, 3.8) is 0 Å². The normalized spacial score (nSPS) is 21.1. The third kappa shape index (κ3) is 2.77. The summed E-state index contributed by atoms with van der Waals surface area (Å²) in [5.41, 5.74) is 0.706. The molecule has 1 fully saturated rings. The number of likely N-dealkylation sites (tertiary alicyclic amines) is 1. The number of rotatable bonds is 3. The SMILES string of the molecule is CO[C@@H]1C[C@@H](c2nncn2C)N(C(=O)Nc2ccncc2)C1. The van der Waals surface area contributed by atoms with Crippen LogP contribution in [0.3, 0.4) is 0 Å². The van der Waals surface area contributed by atoms with Crippen molar-refractivity contribution in [3.8, 4) is 0 Å². The Morgan fingerprint density at radius 1 is 1.41 bits per heavy atom. The van der Waals surface area contributed by atoms with Gasteiger partial charge in [0.1, 0.15) is 6.33 Å². The van der Waals surface area contributed by atoms with E-state index in [1.165, 1.54) is 0 Å². The number of nitrogens with zero attached hydrogens (tertiary/aromatic N) is 5. The van der Waals surface area contributed by atoms with Gasteiger partial charge in [0.2, 0.25) is 0 Å². The van der Waals surface area contributed by atoms with E-state index in [4.69, 9.17) is 4.74 Å². The largest absolute Gasteiger partial charge is 0.380 e. The number of aromatic nitrogens is 4. The van der Waals surface area contributed by atoms with Crippen LogP contribution in [0.5, 0.6) is 0 Å². The Morgan fingerprint density at radius 2 is 2.18 bits per heavy atom. The monoisotopic (exact) mass is 302 g/mol. The van der Waals surface area contributed by atoms with E-state index in [0.717, 1.165) is 5.82 Å². The van der Waals surface area contributed by atoms with E-state index in [-0.39, 0.29) is 18.2 Å². The summed E-state index contributed by atoms with van der Waals surface area (Å²) in [5, 5.41) is 10.9. The number of hydrogen-bond donors (Lipinski definition) is 1. The average Bonchev–Trinajstić information content (AvgIpc) is 3.13. The van der Waals surface area contributed by atoms with Crippen LogP contribution < -0.4 is 5.32 Å². The number of pyridine rings is 1. The molecule has 0 radical (unpaired) electrons. The molecule has 1 aliphatic heterocycles. The van der Waals surface area contributed by atoms with Crippen LogP contribution in [0, 0.1) is 0 Å². The zero-order chi connectivity index (χ0) is 15.5. The lowest BCUT2D eigenvalue weighted by atomic mass is 10.2. The first kappa shape index (κ1) is 14.5. The zero-order valence-corrected chi connectivity index (χ0v) is 12.5. The molecule has 2 amide bonds. The molecule has 3 rings (SSSR count). The third-order valence-electron chi connectivity index (χ3n) is 3.83. The van der Waals surface area contributed by atoms with Gasteiger partial charge in [-0.05, 0) is 12.1 Å². The minimum atomic E-state index is -0.182. The fraction of sp³-hybridized carbons (Fsp3) is 0.429. The van der Waals surface area contributed by atoms with Crippen LogP contribution in [-0.4, -0.2) is 50.4 Å². The number of hydrogen-bond acceptors (Lipinski definition) is 5. The molecule has 1 aliphatic rings. The van der Waals surface area contributed by atoms with Crippen LogP contribution in [0.25, 0.3) is 0 Å². The van der Waals surface area contributed by atoms with E-state index in [1.54, 1.807) is 42.9 Å². The summed E-state index contributed by atoms with van der Waals surface area (Å²) in [4.78, 5) is 18.2. The molecule has 22 heavy (non-hydrogen) atoms. The van der Waals surface area contributed by atoms with Crippen molar-refractivity contribution in [2.45, 2.75) is 18.6 Å². The van der Waals surface area contributed by atoms with Crippen LogP contribution in [0.1, 0.15) is 18.3 Å². The second-order valence-corrected chi connectivity index (χ2v) is 5.23. The van der Waals surface area contributed by atoms with E-state index in [0.29, 0.717) is 18.7 Å². The van der Waals surface area contributed by atoms with Gasteiger partial charge in [0, 0.05) is 45.2 Å². The van der Waals surface area contributed by atoms with Crippen molar-refractivity contribution in [3.05, 3.63) is 36.7 Å². The van der Waals surface area contributed by atoms with Gasteiger partial charge in [-0.1, -0.05) is 0 Å². The highest BCUT2D eigenvalue weighted by Gasteiger charge is 2.38. The van der Waals surface area contributed by atoms with Gasteiger partial charge in [-0.25, -0.2) is 4.79 Å². The van der Waals surface area contributed by atoms with Gasteiger partial charge in [-0.2, -0.15) is 0 Å². The molecule has 0 bridgehead atoms. The molecule has 1 saturated heterocycles. The highest BCUT2D eigenvalue weighted by molar-refractivity contribution is 5.89. The van der Waals surface area contributed by atoms with Gasteiger partial charge in [0.25, 0.3) is 0 Å². The number of carbonyl (C=O) groups excluding carboxylic acids is 1. The molecule has 0 spiro atoms. The first-order chi connectivity index (χ1) is 10.7. The standard InChI is InChI=1S/C14H18N6O2/c1-19-9-16-18-13(19)12-7-11(22-2)8-20(12)14(21)17-10-3-5-15-6-4-10/h3-6,9,11-12H,7-8H2,1-2H3,(H,15,17,21)/t11-,12+/m1/s1. The van der Waals surface area contributed by atoms with Crippen molar-refractivity contribution in [2.24, 2.45) is 7.05 Å². The minimum Gasteiger partial charge on any atom is -0.380 e.